The van der Waals surface area contributed by atoms with Crippen LogP contribution < -0.4 is 5.32 Å². The lowest BCUT2D eigenvalue weighted by Gasteiger charge is -2.11. The molecule has 1 N–H and O–H groups in total. The first kappa shape index (κ1) is 7.54. The minimum atomic E-state index is 0.198. The molecule has 3 nitrogen and oxygen atoms in total. The molecule has 10 heavy (non-hydrogen) atoms. The van der Waals surface area contributed by atoms with Gasteiger partial charge < -0.3 is 10.2 Å². The van der Waals surface area contributed by atoms with E-state index in [-0.39, 0.29) is 5.91 Å². The fraction of sp³-hybridized carbons (Fsp3) is 0.857. The van der Waals surface area contributed by atoms with Crippen molar-refractivity contribution in [2.24, 2.45) is 0 Å². The Morgan fingerprint density at radius 3 is 3.10 bits per heavy atom. The third-order valence-electron chi connectivity index (χ3n) is 1.93. The molecule has 1 aliphatic heterocycles. The van der Waals surface area contributed by atoms with E-state index < -0.39 is 0 Å². The van der Waals surface area contributed by atoms with Gasteiger partial charge in [0.25, 0.3) is 0 Å². The number of nitrogens with zero attached hydrogens (tertiary/aromatic N) is 1. The highest BCUT2D eigenvalue weighted by atomic mass is 16.2. The largest absolute Gasteiger partial charge is 0.345 e. The molecule has 1 heterocycles. The molecule has 1 unspecified atom stereocenters. The van der Waals surface area contributed by atoms with Crippen LogP contribution in [0, 0.1) is 0 Å². The molecule has 1 rings (SSSR count). The average molecular weight is 142 g/mol. The highest BCUT2D eigenvalue weighted by Crippen LogP contribution is 1.98. The Labute approximate surface area is 61.4 Å². The van der Waals surface area contributed by atoms with Crippen LogP contribution in [0.4, 0.5) is 0 Å². The van der Waals surface area contributed by atoms with Crippen LogP contribution in [0.2, 0.25) is 0 Å². The fourth-order valence-corrected chi connectivity index (χ4v) is 1.01. The summed E-state index contributed by atoms with van der Waals surface area (Å²) in [5.41, 5.74) is 0. The van der Waals surface area contributed by atoms with Crippen LogP contribution in [0.1, 0.15) is 13.3 Å². The minimum absolute atomic E-state index is 0.198. The van der Waals surface area contributed by atoms with Gasteiger partial charge in [0.15, 0.2) is 0 Å². The first-order valence-electron chi connectivity index (χ1n) is 3.67. The van der Waals surface area contributed by atoms with Gasteiger partial charge in [0.2, 0.25) is 5.91 Å². The molecule has 58 valence electrons. The van der Waals surface area contributed by atoms with Crippen molar-refractivity contribution >= 4 is 5.91 Å². The normalized spacial score (nSPS) is 28.4. The summed E-state index contributed by atoms with van der Waals surface area (Å²) in [6.07, 6.45) is 1.06. The molecule has 1 amide bonds. The van der Waals surface area contributed by atoms with Crippen molar-refractivity contribution in [2.75, 3.05) is 20.1 Å². The van der Waals surface area contributed by atoms with Crippen LogP contribution in [-0.2, 0) is 4.79 Å². The van der Waals surface area contributed by atoms with E-state index in [1.165, 1.54) is 0 Å². The monoisotopic (exact) mass is 142 g/mol. The number of hydrogen-bond acceptors (Lipinski definition) is 2. The molecule has 0 spiro atoms. The summed E-state index contributed by atoms with van der Waals surface area (Å²) in [5, 5.41) is 3.13. The van der Waals surface area contributed by atoms with Gasteiger partial charge in [0.05, 0.1) is 6.54 Å². The van der Waals surface area contributed by atoms with Crippen LogP contribution in [0.25, 0.3) is 0 Å². The van der Waals surface area contributed by atoms with Gasteiger partial charge in [0, 0.05) is 19.6 Å². The molecule has 3 heteroatoms. The van der Waals surface area contributed by atoms with Gasteiger partial charge in [-0.25, -0.2) is 0 Å². The molecule has 1 atom stereocenters. The number of amides is 1. The molecule has 0 aliphatic carbocycles. The Morgan fingerprint density at radius 2 is 2.40 bits per heavy atom. The SMILES string of the molecule is CC1CCN(C)C(=O)CN1. The quantitative estimate of drug-likeness (QED) is 0.509. The third kappa shape index (κ3) is 1.70. The predicted octanol–water partition coefficient (Wildman–Crippen LogP) is -0.173. The van der Waals surface area contributed by atoms with Crippen molar-refractivity contribution in [2.45, 2.75) is 19.4 Å². The second kappa shape index (κ2) is 3.01. The van der Waals surface area contributed by atoms with Crippen molar-refractivity contribution in [3.8, 4) is 0 Å². The van der Waals surface area contributed by atoms with Crippen LogP contribution in [0.5, 0.6) is 0 Å². The first-order valence-corrected chi connectivity index (χ1v) is 3.67. The summed E-state index contributed by atoms with van der Waals surface area (Å²) in [5.74, 6) is 0.198. The van der Waals surface area contributed by atoms with E-state index in [0.717, 1.165) is 13.0 Å². The van der Waals surface area contributed by atoms with Crippen molar-refractivity contribution in [1.29, 1.82) is 0 Å². The molecule has 1 fully saturated rings. The predicted molar refractivity (Wildman–Crippen MR) is 39.7 cm³/mol. The van der Waals surface area contributed by atoms with Crippen molar-refractivity contribution in [3.63, 3.8) is 0 Å². The molecule has 0 saturated carbocycles. The van der Waals surface area contributed by atoms with Crippen LogP contribution in [-0.4, -0.2) is 37.0 Å². The lowest BCUT2D eigenvalue weighted by atomic mass is 10.2. The van der Waals surface area contributed by atoms with E-state index in [1.54, 1.807) is 4.90 Å². The van der Waals surface area contributed by atoms with Crippen LogP contribution >= 0.6 is 0 Å². The van der Waals surface area contributed by atoms with Gasteiger partial charge in [-0.05, 0) is 13.3 Å². The Bertz CT molecular complexity index is 136. The van der Waals surface area contributed by atoms with Gasteiger partial charge in [-0.2, -0.15) is 0 Å². The molecular formula is C7H14N2O. The maximum absolute atomic E-state index is 11.0. The summed E-state index contributed by atoms with van der Waals surface area (Å²) in [4.78, 5) is 12.8. The zero-order valence-corrected chi connectivity index (χ0v) is 6.55. The highest BCUT2D eigenvalue weighted by Gasteiger charge is 2.15. The summed E-state index contributed by atoms with van der Waals surface area (Å²) >= 11 is 0. The molecule has 0 radical (unpaired) electrons. The standard InChI is InChI=1S/C7H14N2O/c1-6-3-4-9(2)7(10)5-8-6/h6,8H,3-5H2,1-2H3. The molecule has 0 aromatic rings. The topological polar surface area (TPSA) is 32.3 Å². The number of carbonyl (C=O) groups excluding carboxylic acids is 1. The maximum atomic E-state index is 11.0. The number of likely N-dealkylation sites (N-methyl/N-ethyl adjacent to an activating group) is 1. The number of nitrogens with one attached hydrogen (secondary N) is 1. The Balaban J connectivity index is 2.46. The Hall–Kier alpha value is -0.570. The van der Waals surface area contributed by atoms with Crippen LogP contribution in [0.15, 0.2) is 0 Å². The molecule has 0 aromatic heterocycles. The number of hydrogen-bond donors (Lipinski definition) is 1. The van der Waals surface area contributed by atoms with Gasteiger partial charge >= 0.3 is 0 Å². The molecule has 0 aromatic carbocycles. The summed E-state index contributed by atoms with van der Waals surface area (Å²) in [7, 11) is 1.85. The fourth-order valence-electron chi connectivity index (χ4n) is 1.01. The van der Waals surface area contributed by atoms with E-state index in [2.05, 4.69) is 12.2 Å². The van der Waals surface area contributed by atoms with Gasteiger partial charge in [0.1, 0.15) is 0 Å². The Morgan fingerprint density at radius 1 is 1.70 bits per heavy atom. The lowest BCUT2D eigenvalue weighted by Crippen LogP contribution is -2.32. The molecule has 1 saturated heterocycles. The van der Waals surface area contributed by atoms with Gasteiger partial charge in [-0.1, -0.05) is 0 Å². The maximum Gasteiger partial charge on any atom is 0.236 e. The Kier molecular flexibility index (Phi) is 2.27. The van der Waals surface area contributed by atoms with E-state index in [1.807, 2.05) is 7.05 Å². The van der Waals surface area contributed by atoms with Crippen molar-refractivity contribution < 1.29 is 4.79 Å². The van der Waals surface area contributed by atoms with Crippen molar-refractivity contribution in [3.05, 3.63) is 0 Å². The molecule has 0 bridgehead atoms. The van der Waals surface area contributed by atoms with Crippen LogP contribution in [0.3, 0.4) is 0 Å². The number of rotatable bonds is 0. The second-order valence-corrected chi connectivity index (χ2v) is 2.89. The zero-order chi connectivity index (χ0) is 7.56. The smallest absolute Gasteiger partial charge is 0.236 e. The highest BCUT2D eigenvalue weighted by molar-refractivity contribution is 5.78. The molecule has 1 aliphatic rings. The summed E-state index contributed by atoms with van der Waals surface area (Å²) in [6.45, 7) is 3.48. The second-order valence-electron chi connectivity index (χ2n) is 2.89. The number of carbonyl (C=O) groups is 1. The first-order chi connectivity index (χ1) is 4.70. The van der Waals surface area contributed by atoms with Crippen molar-refractivity contribution in [1.82, 2.24) is 10.2 Å². The average Bonchev–Trinajstić information content (AvgIpc) is 2.04. The summed E-state index contributed by atoms with van der Waals surface area (Å²) < 4.78 is 0. The summed E-state index contributed by atoms with van der Waals surface area (Å²) in [6, 6.07) is 0.480. The van der Waals surface area contributed by atoms with Gasteiger partial charge in [-0.3, -0.25) is 4.79 Å². The van der Waals surface area contributed by atoms with E-state index in [9.17, 15) is 4.79 Å². The van der Waals surface area contributed by atoms with E-state index in [0.29, 0.717) is 12.6 Å². The third-order valence-corrected chi connectivity index (χ3v) is 1.93. The minimum Gasteiger partial charge on any atom is -0.345 e. The lowest BCUT2D eigenvalue weighted by molar-refractivity contribution is -0.128. The van der Waals surface area contributed by atoms with E-state index >= 15 is 0 Å². The van der Waals surface area contributed by atoms with Gasteiger partial charge in [-0.15, -0.1) is 0 Å². The molecular weight excluding hydrogens is 128 g/mol. The zero-order valence-electron chi connectivity index (χ0n) is 6.55. The van der Waals surface area contributed by atoms with E-state index in [4.69, 9.17) is 0 Å².